The van der Waals surface area contributed by atoms with Crippen molar-refractivity contribution in [2.75, 3.05) is 11.9 Å². The highest BCUT2D eigenvalue weighted by Crippen LogP contribution is 2.17. The molecule has 0 aliphatic rings. The number of nitrogens with one attached hydrogen (secondary N) is 2. The van der Waals surface area contributed by atoms with Gasteiger partial charge in [-0.3, -0.25) is 0 Å². The monoisotopic (exact) mass is 227 g/mol. The molecule has 2 aromatic heterocycles. The summed E-state index contributed by atoms with van der Waals surface area (Å²) < 4.78 is 0. The molecule has 5 nitrogen and oxygen atoms in total. The van der Waals surface area contributed by atoms with Gasteiger partial charge in [0.2, 0.25) is 5.28 Å². The van der Waals surface area contributed by atoms with Crippen LogP contribution in [0.5, 0.6) is 0 Å². The molecule has 0 aliphatic heterocycles. The zero-order valence-corrected chi connectivity index (χ0v) is 9.76. The molecule has 0 spiro atoms. The Kier molecular flexibility index (Phi) is 4.30. The normalized spacial score (nSPS) is 9.60. The minimum Gasteiger partial charge on any atom is -0.368 e. The fourth-order valence-corrected chi connectivity index (χ4v) is 1.27. The van der Waals surface area contributed by atoms with E-state index in [4.69, 9.17) is 11.6 Å². The second-order valence-electron chi connectivity index (χ2n) is 2.47. The lowest BCUT2D eigenvalue weighted by Gasteiger charge is -2.02. The van der Waals surface area contributed by atoms with Gasteiger partial charge in [0.1, 0.15) is 5.52 Å². The van der Waals surface area contributed by atoms with Crippen LogP contribution in [0, 0.1) is 0 Å². The number of rotatable bonds is 2. The molecule has 0 saturated carbocycles. The third-order valence-corrected chi connectivity index (χ3v) is 1.77. The number of H-pyrrole nitrogens is 1. The predicted molar refractivity (Wildman–Crippen MR) is 62.2 cm³/mol. The molecule has 0 bridgehead atoms. The lowest BCUT2D eigenvalue weighted by atomic mass is 10.5. The fraction of sp³-hybridized carbons (Fsp3) is 0.444. The predicted octanol–water partition coefficient (Wildman–Crippen LogP) is 2.46. The van der Waals surface area contributed by atoms with Gasteiger partial charge in [0.15, 0.2) is 11.5 Å². The first-order valence-electron chi connectivity index (χ1n) is 4.91. The van der Waals surface area contributed by atoms with E-state index in [1.807, 2.05) is 20.8 Å². The number of aromatic nitrogens is 4. The molecule has 2 N–H and O–H groups in total. The number of halogens is 1. The molecule has 0 atom stereocenters. The summed E-state index contributed by atoms with van der Waals surface area (Å²) in [6, 6.07) is 0. The summed E-state index contributed by atoms with van der Waals surface area (Å²) in [7, 11) is 0. The lowest BCUT2D eigenvalue weighted by Crippen LogP contribution is -2.01. The molecular formula is C9H14ClN5. The molecule has 0 aromatic carbocycles. The highest BCUT2D eigenvalue weighted by Gasteiger charge is 2.06. The van der Waals surface area contributed by atoms with Crippen molar-refractivity contribution in [1.29, 1.82) is 0 Å². The number of fused-ring (bicyclic) bond motifs is 1. The summed E-state index contributed by atoms with van der Waals surface area (Å²) >= 11 is 5.70. The maximum absolute atomic E-state index is 5.70. The van der Waals surface area contributed by atoms with E-state index in [9.17, 15) is 0 Å². The molecule has 2 heterocycles. The Hall–Kier alpha value is -1.36. The van der Waals surface area contributed by atoms with Crippen LogP contribution in [0.25, 0.3) is 11.2 Å². The van der Waals surface area contributed by atoms with Gasteiger partial charge < -0.3 is 10.3 Å². The topological polar surface area (TPSA) is 66.5 Å². The molecule has 2 rings (SSSR count). The Morgan fingerprint density at radius 3 is 2.80 bits per heavy atom. The second-order valence-corrected chi connectivity index (χ2v) is 2.81. The Morgan fingerprint density at radius 1 is 1.40 bits per heavy atom. The van der Waals surface area contributed by atoms with Gasteiger partial charge in [0.25, 0.3) is 0 Å². The number of hydrogen-bond donors (Lipinski definition) is 2. The summed E-state index contributed by atoms with van der Waals surface area (Å²) in [6.07, 6.45) is 1.57. The van der Waals surface area contributed by atoms with Crippen LogP contribution < -0.4 is 5.32 Å². The van der Waals surface area contributed by atoms with Crippen molar-refractivity contribution in [2.45, 2.75) is 20.8 Å². The van der Waals surface area contributed by atoms with Crippen LogP contribution in [0.1, 0.15) is 20.8 Å². The molecular weight excluding hydrogens is 214 g/mol. The second kappa shape index (κ2) is 5.50. The zero-order chi connectivity index (χ0) is 11.3. The maximum Gasteiger partial charge on any atom is 0.226 e. The van der Waals surface area contributed by atoms with E-state index in [-0.39, 0.29) is 5.28 Å². The number of imidazole rings is 1. The highest BCUT2D eigenvalue weighted by molar-refractivity contribution is 6.28. The first-order valence-corrected chi connectivity index (χ1v) is 5.29. The van der Waals surface area contributed by atoms with E-state index in [1.165, 1.54) is 0 Å². The molecule has 0 amide bonds. The quantitative estimate of drug-likeness (QED) is 0.774. The van der Waals surface area contributed by atoms with Gasteiger partial charge in [0, 0.05) is 6.54 Å². The highest BCUT2D eigenvalue weighted by atomic mass is 35.5. The Morgan fingerprint density at radius 2 is 2.13 bits per heavy atom. The number of aromatic amines is 1. The number of anilines is 1. The van der Waals surface area contributed by atoms with Crippen LogP contribution in [0.4, 0.5) is 5.82 Å². The third kappa shape index (κ3) is 2.56. The lowest BCUT2D eigenvalue weighted by molar-refractivity contribution is 1.13. The molecule has 82 valence electrons. The van der Waals surface area contributed by atoms with E-state index in [1.54, 1.807) is 6.33 Å². The van der Waals surface area contributed by atoms with E-state index < -0.39 is 0 Å². The van der Waals surface area contributed by atoms with E-state index in [0.717, 1.165) is 12.1 Å². The van der Waals surface area contributed by atoms with Crippen LogP contribution >= 0.6 is 11.6 Å². The molecule has 0 radical (unpaired) electrons. The van der Waals surface area contributed by atoms with Crippen molar-refractivity contribution in [3.8, 4) is 0 Å². The molecule has 0 fully saturated rings. The first-order chi connectivity index (χ1) is 7.31. The maximum atomic E-state index is 5.70. The third-order valence-electron chi connectivity index (χ3n) is 1.60. The molecule has 0 aliphatic carbocycles. The summed E-state index contributed by atoms with van der Waals surface area (Å²) in [5, 5.41) is 3.27. The summed E-state index contributed by atoms with van der Waals surface area (Å²) in [6.45, 7) is 6.76. The fourth-order valence-electron chi connectivity index (χ4n) is 1.10. The van der Waals surface area contributed by atoms with Gasteiger partial charge in [-0.25, -0.2) is 4.98 Å². The first kappa shape index (κ1) is 11.7. The Bertz CT molecular complexity index is 425. The summed E-state index contributed by atoms with van der Waals surface area (Å²) in [5.74, 6) is 0.690. The van der Waals surface area contributed by atoms with Gasteiger partial charge in [-0.1, -0.05) is 13.8 Å². The average molecular weight is 228 g/mol. The van der Waals surface area contributed by atoms with Crippen LogP contribution in [0.3, 0.4) is 0 Å². The van der Waals surface area contributed by atoms with Gasteiger partial charge >= 0.3 is 0 Å². The van der Waals surface area contributed by atoms with Gasteiger partial charge in [-0.2, -0.15) is 9.97 Å². The van der Waals surface area contributed by atoms with E-state index >= 15 is 0 Å². The largest absolute Gasteiger partial charge is 0.368 e. The zero-order valence-electron chi connectivity index (χ0n) is 9.00. The van der Waals surface area contributed by atoms with Crippen LogP contribution in [-0.4, -0.2) is 26.5 Å². The van der Waals surface area contributed by atoms with E-state index in [2.05, 4.69) is 25.3 Å². The average Bonchev–Trinajstić information content (AvgIpc) is 2.69. The van der Waals surface area contributed by atoms with Crippen molar-refractivity contribution in [1.82, 2.24) is 19.9 Å². The minimum atomic E-state index is 0.204. The Labute approximate surface area is 93.3 Å². The van der Waals surface area contributed by atoms with Crippen molar-refractivity contribution in [2.24, 2.45) is 0 Å². The van der Waals surface area contributed by atoms with Crippen LogP contribution in [-0.2, 0) is 0 Å². The van der Waals surface area contributed by atoms with Crippen LogP contribution in [0.2, 0.25) is 5.28 Å². The molecule has 2 aromatic rings. The Balaban J connectivity index is 0.000000531. The standard InChI is InChI=1S/C7H8ClN5.C2H6/c1-2-9-5-4-6(11-3-10-4)13-7(8)12-5;1-2/h3H,2H2,1H3,(H2,9,10,11,12,13);1-2H3. The van der Waals surface area contributed by atoms with E-state index in [0.29, 0.717) is 11.5 Å². The molecule has 6 heteroatoms. The molecule has 0 unspecified atom stereocenters. The SMILES string of the molecule is CC.CCNc1nc(Cl)nc2nc[nH]c12. The number of nitrogens with zero attached hydrogens (tertiary/aromatic N) is 3. The van der Waals surface area contributed by atoms with Gasteiger partial charge in [0.05, 0.1) is 6.33 Å². The van der Waals surface area contributed by atoms with Crippen molar-refractivity contribution in [3.63, 3.8) is 0 Å². The van der Waals surface area contributed by atoms with Gasteiger partial charge in [-0.15, -0.1) is 0 Å². The smallest absolute Gasteiger partial charge is 0.226 e. The summed E-state index contributed by atoms with van der Waals surface area (Å²) in [5.41, 5.74) is 1.36. The molecule has 0 saturated heterocycles. The minimum absolute atomic E-state index is 0.204. The van der Waals surface area contributed by atoms with Crippen LogP contribution in [0.15, 0.2) is 6.33 Å². The van der Waals surface area contributed by atoms with Crippen molar-refractivity contribution in [3.05, 3.63) is 11.6 Å². The molecule has 15 heavy (non-hydrogen) atoms. The van der Waals surface area contributed by atoms with Crippen molar-refractivity contribution >= 4 is 28.6 Å². The van der Waals surface area contributed by atoms with Crippen molar-refractivity contribution < 1.29 is 0 Å². The van der Waals surface area contributed by atoms with Gasteiger partial charge in [-0.05, 0) is 18.5 Å². The number of hydrogen-bond acceptors (Lipinski definition) is 4. The summed E-state index contributed by atoms with van der Waals surface area (Å²) in [4.78, 5) is 14.9.